The molecule has 92 valence electrons. The number of hydrogen-bond acceptors (Lipinski definition) is 2. The summed E-state index contributed by atoms with van der Waals surface area (Å²) < 4.78 is 1.84. The highest BCUT2D eigenvalue weighted by Crippen LogP contribution is 2.26. The van der Waals surface area contributed by atoms with Crippen molar-refractivity contribution in [1.29, 1.82) is 0 Å². The Labute approximate surface area is 103 Å². The number of aliphatic carboxylic acids is 1. The van der Waals surface area contributed by atoms with Gasteiger partial charge >= 0.3 is 5.97 Å². The molecule has 1 aliphatic heterocycles. The number of benzene rings is 1. The Morgan fingerprint density at radius 2 is 2.11 bits per heavy atom. The number of nitrogens with one attached hydrogen (secondary N) is 1. The monoisotopic (exact) mass is 244 g/mol. The van der Waals surface area contributed by atoms with Gasteiger partial charge in [-0.3, -0.25) is 4.79 Å². The molecule has 0 radical (unpaired) electrons. The number of amides is 1. The third-order valence-electron chi connectivity index (χ3n) is 3.34. The van der Waals surface area contributed by atoms with Crippen molar-refractivity contribution in [2.45, 2.75) is 18.5 Å². The van der Waals surface area contributed by atoms with Gasteiger partial charge < -0.3 is 15.0 Å². The van der Waals surface area contributed by atoms with Gasteiger partial charge in [-0.1, -0.05) is 18.2 Å². The Balaban J connectivity index is 2.00. The lowest BCUT2D eigenvalue weighted by Gasteiger charge is -2.10. The molecule has 1 aromatic heterocycles. The molecule has 2 atom stereocenters. The van der Waals surface area contributed by atoms with E-state index in [1.165, 1.54) is 0 Å². The number of carbonyl (C=O) groups is 2. The number of carboxylic acid groups (broad SMARTS) is 1. The largest absolute Gasteiger partial charge is 0.480 e. The van der Waals surface area contributed by atoms with Crippen molar-refractivity contribution in [3.05, 3.63) is 36.5 Å². The van der Waals surface area contributed by atoms with Crippen LogP contribution in [0.15, 0.2) is 36.5 Å². The van der Waals surface area contributed by atoms with Gasteiger partial charge in [0.25, 0.3) is 0 Å². The van der Waals surface area contributed by atoms with E-state index in [0.29, 0.717) is 0 Å². The molecule has 1 amide bonds. The number of fused-ring (bicyclic) bond motifs is 1. The molecule has 0 bridgehead atoms. The summed E-state index contributed by atoms with van der Waals surface area (Å²) in [6, 6.07) is 8.43. The molecule has 1 aliphatic rings. The molecule has 5 nitrogen and oxygen atoms in total. The second-order valence-corrected chi connectivity index (χ2v) is 4.43. The van der Waals surface area contributed by atoms with E-state index >= 15 is 0 Å². The smallest absolute Gasteiger partial charge is 0.326 e. The molecule has 3 rings (SSSR count). The second kappa shape index (κ2) is 3.87. The minimum atomic E-state index is -0.984. The highest BCUT2D eigenvalue weighted by atomic mass is 16.4. The lowest BCUT2D eigenvalue weighted by Crippen LogP contribution is -2.33. The first-order chi connectivity index (χ1) is 8.66. The van der Waals surface area contributed by atoms with Crippen LogP contribution in [0.3, 0.4) is 0 Å². The van der Waals surface area contributed by atoms with E-state index in [0.717, 1.165) is 10.9 Å². The summed E-state index contributed by atoms with van der Waals surface area (Å²) in [5, 5.41) is 12.5. The van der Waals surface area contributed by atoms with Crippen LogP contribution >= 0.6 is 0 Å². The summed E-state index contributed by atoms with van der Waals surface area (Å²) in [5.41, 5.74) is 0.948. The standard InChI is InChI=1S/C13H12N2O3/c16-12-11(7-9(14-12)13(17)18)15-6-5-8-3-1-2-4-10(8)15/h1-6,9,11H,7H2,(H,14,16)(H,17,18)/t9-,11-/m0/s1. The summed E-state index contributed by atoms with van der Waals surface area (Å²) in [7, 11) is 0. The number of hydrogen-bond donors (Lipinski definition) is 2. The van der Waals surface area contributed by atoms with Gasteiger partial charge in [-0.2, -0.15) is 0 Å². The van der Waals surface area contributed by atoms with Crippen molar-refractivity contribution in [3.8, 4) is 0 Å². The number of nitrogens with zero attached hydrogens (tertiary/aromatic N) is 1. The van der Waals surface area contributed by atoms with E-state index in [1.807, 2.05) is 41.1 Å². The van der Waals surface area contributed by atoms with Crippen molar-refractivity contribution in [2.75, 3.05) is 0 Å². The van der Waals surface area contributed by atoms with Gasteiger partial charge in [-0.15, -0.1) is 0 Å². The van der Waals surface area contributed by atoms with Crippen LogP contribution < -0.4 is 5.32 Å². The summed E-state index contributed by atoms with van der Waals surface area (Å²) in [6.07, 6.45) is 2.12. The quantitative estimate of drug-likeness (QED) is 0.832. The average molecular weight is 244 g/mol. The highest BCUT2D eigenvalue weighted by molar-refractivity contribution is 5.92. The highest BCUT2D eigenvalue weighted by Gasteiger charge is 2.37. The van der Waals surface area contributed by atoms with Crippen LogP contribution in [0, 0.1) is 0 Å². The Kier molecular flexibility index (Phi) is 2.33. The summed E-state index contributed by atoms with van der Waals surface area (Å²) in [6.45, 7) is 0. The first-order valence-electron chi connectivity index (χ1n) is 5.75. The molecular formula is C13H12N2O3. The van der Waals surface area contributed by atoms with E-state index in [9.17, 15) is 9.59 Å². The average Bonchev–Trinajstić information content (AvgIpc) is 2.92. The zero-order valence-electron chi connectivity index (χ0n) is 9.54. The molecule has 18 heavy (non-hydrogen) atoms. The Bertz CT molecular complexity index is 632. The maximum Gasteiger partial charge on any atom is 0.326 e. The third-order valence-corrected chi connectivity index (χ3v) is 3.34. The van der Waals surface area contributed by atoms with E-state index < -0.39 is 18.1 Å². The molecule has 1 fully saturated rings. The van der Waals surface area contributed by atoms with Gasteiger partial charge in [-0.05, 0) is 17.5 Å². The van der Waals surface area contributed by atoms with Crippen LogP contribution in [0.2, 0.25) is 0 Å². The minimum Gasteiger partial charge on any atom is -0.480 e. The summed E-state index contributed by atoms with van der Waals surface area (Å²) >= 11 is 0. The van der Waals surface area contributed by atoms with E-state index in [-0.39, 0.29) is 12.3 Å². The van der Waals surface area contributed by atoms with Crippen molar-refractivity contribution in [2.24, 2.45) is 0 Å². The van der Waals surface area contributed by atoms with Gasteiger partial charge in [0.05, 0.1) is 0 Å². The first kappa shape index (κ1) is 10.8. The van der Waals surface area contributed by atoms with Gasteiger partial charge in [0.15, 0.2) is 0 Å². The minimum absolute atomic E-state index is 0.233. The summed E-state index contributed by atoms with van der Waals surface area (Å²) in [4.78, 5) is 22.7. The van der Waals surface area contributed by atoms with Crippen LogP contribution in [0.4, 0.5) is 0 Å². The van der Waals surface area contributed by atoms with E-state index in [4.69, 9.17) is 5.11 Å². The SMILES string of the molecule is O=C(O)[C@@H]1C[C@H](n2ccc3ccccc32)C(=O)N1. The van der Waals surface area contributed by atoms with Gasteiger partial charge in [0, 0.05) is 18.1 Å². The molecule has 0 saturated carbocycles. The predicted molar refractivity (Wildman–Crippen MR) is 65.2 cm³/mol. The molecule has 1 saturated heterocycles. The molecular weight excluding hydrogens is 232 g/mol. The molecule has 2 aromatic rings. The van der Waals surface area contributed by atoms with Crippen LogP contribution in [0.1, 0.15) is 12.5 Å². The zero-order valence-corrected chi connectivity index (χ0v) is 9.54. The molecule has 0 unspecified atom stereocenters. The first-order valence-corrected chi connectivity index (χ1v) is 5.75. The molecule has 2 heterocycles. The van der Waals surface area contributed by atoms with Crippen molar-refractivity contribution in [3.63, 3.8) is 0 Å². The van der Waals surface area contributed by atoms with Crippen molar-refractivity contribution < 1.29 is 14.7 Å². The van der Waals surface area contributed by atoms with Crippen LogP contribution in [0.5, 0.6) is 0 Å². The van der Waals surface area contributed by atoms with E-state index in [1.54, 1.807) is 0 Å². The van der Waals surface area contributed by atoms with Crippen molar-refractivity contribution in [1.82, 2.24) is 9.88 Å². The predicted octanol–water partition coefficient (Wildman–Crippen LogP) is 1.16. The number of carbonyl (C=O) groups excluding carboxylic acids is 1. The molecule has 1 aromatic carbocycles. The third kappa shape index (κ3) is 1.55. The maximum atomic E-state index is 11.8. The number of carboxylic acids is 1. The number of rotatable bonds is 2. The van der Waals surface area contributed by atoms with Gasteiger partial charge in [0.2, 0.25) is 5.91 Å². The van der Waals surface area contributed by atoms with Crippen LogP contribution in [0.25, 0.3) is 10.9 Å². The topological polar surface area (TPSA) is 71.3 Å². The van der Waals surface area contributed by atoms with Crippen LogP contribution in [-0.4, -0.2) is 27.6 Å². The van der Waals surface area contributed by atoms with Gasteiger partial charge in [-0.25, -0.2) is 4.79 Å². The van der Waals surface area contributed by atoms with Gasteiger partial charge in [0.1, 0.15) is 12.1 Å². The fraction of sp³-hybridized carbons (Fsp3) is 0.231. The fourth-order valence-corrected chi connectivity index (χ4v) is 2.44. The normalized spacial score (nSPS) is 23.2. The Hall–Kier alpha value is -2.30. The molecule has 2 N–H and O–H groups in total. The maximum absolute atomic E-state index is 11.8. The number of aromatic nitrogens is 1. The number of para-hydroxylation sites is 1. The van der Waals surface area contributed by atoms with Crippen LogP contribution in [-0.2, 0) is 9.59 Å². The lowest BCUT2D eigenvalue weighted by molar-refractivity contribution is -0.140. The zero-order chi connectivity index (χ0) is 12.7. The Morgan fingerprint density at radius 1 is 1.33 bits per heavy atom. The Morgan fingerprint density at radius 3 is 2.83 bits per heavy atom. The lowest BCUT2D eigenvalue weighted by atomic mass is 10.1. The van der Waals surface area contributed by atoms with Crippen molar-refractivity contribution >= 4 is 22.8 Å². The summed E-state index contributed by atoms with van der Waals surface area (Å²) in [5.74, 6) is -1.22. The van der Waals surface area contributed by atoms with E-state index in [2.05, 4.69) is 5.32 Å². The second-order valence-electron chi connectivity index (χ2n) is 4.43. The molecule has 0 spiro atoms. The molecule has 5 heteroatoms. The fourth-order valence-electron chi connectivity index (χ4n) is 2.44. The molecule has 0 aliphatic carbocycles.